The van der Waals surface area contributed by atoms with Crippen molar-refractivity contribution in [2.45, 2.75) is 118 Å². The molecular weight excluding hydrogens is 724 g/mol. The Balaban J connectivity index is 0.000000385. The number of aromatic nitrogens is 1. The number of methoxy groups -OCH3 is 1. The predicted molar refractivity (Wildman–Crippen MR) is 223 cm³/mol. The van der Waals surface area contributed by atoms with Crippen molar-refractivity contribution in [3.8, 4) is 0 Å². The molecule has 9 nitrogen and oxygen atoms in total. The molecule has 0 saturated heterocycles. The summed E-state index contributed by atoms with van der Waals surface area (Å²) in [5, 5.41) is 14.9. The Kier molecular flexibility index (Phi) is 15.3. The Morgan fingerprint density at radius 3 is 2.35 bits per heavy atom. The van der Waals surface area contributed by atoms with Gasteiger partial charge in [-0.2, -0.15) is 0 Å². The molecule has 0 spiro atoms. The molecule has 7 atom stereocenters. The molecule has 292 valence electrons. The van der Waals surface area contributed by atoms with E-state index >= 15 is 0 Å². The van der Waals surface area contributed by atoms with Crippen molar-refractivity contribution >= 4 is 70.6 Å². The summed E-state index contributed by atoms with van der Waals surface area (Å²) in [6.45, 7) is 22.8. The van der Waals surface area contributed by atoms with Crippen LogP contribution in [-0.2, 0) is 23.9 Å². The largest absolute Gasteiger partial charge is 2.00 e. The molecular formula is C44H57ClMgN4O5. The van der Waals surface area contributed by atoms with Crippen molar-refractivity contribution in [2.24, 2.45) is 17.8 Å². The first kappa shape index (κ1) is 44.6. The van der Waals surface area contributed by atoms with Crippen molar-refractivity contribution in [2.75, 3.05) is 13.7 Å². The number of allylic oxidation sites excluding steroid dienone is 2. The minimum absolute atomic E-state index is 0. The number of Topliss-reactive ketones (excluding diaryl/α,β-unsaturated/α-hetero) is 1. The van der Waals surface area contributed by atoms with E-state index in [1.807, 2.05) is 26.0 Å². The standard InChI is InChI=1S/C32H35ClN4O3.C12H22O2.Mg/c1-8-17-13(3)19-10-22-16(6)28(33)30(37-22)26-27(32(39)40-7)31(38)25-15(5)21(36-29(25)26)12-24-18(9-2)14(4)20(35-24)11-23(17)34-19;1-10(2)6-5-7-11(3)8-9-14-12(4)13;/h8,10-12,20-22,26-27,29-30,35,37H,1,9H2,2-7H3;8,10H,5-7,9H2,1-4H3;/q-2;;+2/b19-10-,23-11-,24-12-;11-8-;. The molecule has 1 fully saturated rings. The molecule has 2 N–H and O–H groups in total. The molecule has 5 heterocycles. The van der Waals surface area contributed by atoms with E-state index in [1.54, 1.807) is 0 Å². The number of ether oxygens (including phenoxy) is 2. The van der Waals surface area contributed by atoms with Gasteiger partial charge in [0.25, 0.3) is 0 Å². The minimum Gasteiger partial charge on any atom is -0.658 e. The number of hydrogen-bond acceptors (Lipinski definition) is 7. The van der Waals surface area contributed by atoms with Gasteiger partial charge in [-0.1, -0.05) is 98.5 Å². The summed E-state index contributed by atoms with van der Waals surface area (Å²) in [4.78, 5) is 42.4. The topological polar surface area (TPSA) is 122 Å². The van der Waals surface area contributed by atoms with Gasteiger partial charge in [0.2, 0.25) is 0 Å². The summed E-state index contributed by atoms with van der Waals surface area (Å²) in [7, 11) is 1.32. The minimum atomic E-state index is -0.969. The van der Waals surface area contributed by atoms with Crippen LogP contribution in [0.2, 0.25) is 0 Å². The Bertz CT molecular complexity index is 1980. The van der Waals surface area contributed by atoms with E-state index in [4.69, 9.17) is 31.4 Å². The normalized spacial score (nSPS) is 29.0. The van der Waals surface area contributed by atoms with Crippen molar-refractivity contribution < 1.29 is 23.9 Å². The fourth-order valence-corrected chi connectivity index (χ4v) is 8.77. The van der Waals surface area contributed by atoms with Gasteiger partial charge in [0.15, 0.2) is 5.78 Å². The molecule has 55 heavy (non-hydrogen) atoms. The van der Waals surface area contributed by atoms with Crippen LogP contribution in [0.15, 0.2) is 62.9 Å². The van der Waals surface area contributed by atoms with E-state index in [0.717, 1.165) is 57.4 Å². The van der Waals surface area contributed by atoms with E-state index in [1.165, 1.54) is 43.6 Å². The molecule has 1 aromatic rings. The van der Waals surface area contributed by atoms with E-state index in [2.05, 4.69) is 77.0 Å². The molecule has 7 unspecified atom stereocenters. The predicted octanol–water partition coefficient (Wildman–Crippen LogP) is 5.98. The van der Waals surface area contributed by atoms with Crippen LogP contribution in [0, 0.1) is 24.7 Å². The first-order valence-electron chi connectivity index (χ1n) is 19.2. The van der Waals surface area contributed by atoms with Crippen LogP contribution >= 0.6 is 11.6 Å². The third kappa shape index (κ3) is 9.20. The fraction of sp³-hybridized carbons (Fsp3) is 0.523. The summed E-state index contributed by atoms with van der Waals surface area (Å²) in [6, 6.07) is -1.41. The third-order valence-electron chi connectivity index (χ3n) is 11.6. The number of nitrogens with one attached hydrogen (secondary N) is 2. The number of nitrogens with zero attached hydrogens (tertiary/aromatic N) is 2. The molecule has 1 saturated carbocycles. The molecule has 1 aliphatic carbocycles. The maximum absolute atomic E-state index is 13.8. The number of hydrogen-bond donors (Lipinski definition) is 2. The fourth-order valence-electron chi connectivity index (χ4n) is 8.45. The van der Waals surface area contributed by atoms with Crippen LogP contribution in [0.25, 0.3) is 23.5 Å². The molecule has 11 heteroatoms. The second-order valence-electron chi connectivity index (χ2n) is 15.5. The number of esters is 2. The number of rotatable bonds is 9. The van der Waals surface area contributed by atoms with E-state index < -0.39 is 29.9 Å². The Labute approximate surface area is 348 Å². The van der Waals surface area contributed by atoms with Crippen molar-refractivity contribution in [3.63, 3.8) is 0 Å². The maximum Gasteiger partial charge on any atom is 2.00 e. The molecule has 5 aliphatic rings. The van der Waals surface area contributed by atoms with Gasteiger partial charge < -0.3 is 25.1 Å². The van der Waals surface area contributed by atoms with Crippen LogP contribution in [0.4, 0.5) is 0 Å². The monoisotopic (exact) mass is 780 g/mol. The molecule has 4 aliphatic heterocycles. The Morgan fingerprint density at radius 2 is 1.73 bits per heavy atom. The number of ketones is 1. The van der Waals surface area contributed by atoms with Gasteiger partial charge in [-0.3, -0.25) is 19.7 Å². The van der Waals surface area contributed by atoms with Gasteiger partial charge in [0.1, 0.15) is 12.5 Å². The second-order valence-corrected chi connectivity index (χ2v) is 16.0. The van der Waals surface area contributed by atoms with Crippen LogP contribution in [-0.4, -0.2) is 84.7 Å². The maximum atomic E-state index is 13.8. The summed E-state index contributed by atoms with van der Waals surface area (Å²) in [5.74, 6) is -1.65. The number of carbonyl (C=O) groups is 3. The first-order chi connectivity index (χ1) is 25.6. The van der Waals surface area contributed by atoms with E-state index in [-0.39, 0.29) is 52.9 Å². The molecule has 1 aromatic heterocycles. The van der Waals surface area contributed by atoms with Gasteiger partial charge in [-0.15, -0.1) is 10.7 Å². The summed E-state index contributed by atoms with van der Waals surface area (Å²) in [6.07, 6.45) is 14.7. The Hall–Kier alpha value is -3.15. The van der Waals surface area contributed by atoms with Gasteiger partial charge >= 0.3 is 35.0 Å². The average Bonchev–Trinajstić information content (AvgIpc) is 3.85. The number of fused-ring (bicyclic) bond motifs is 8. The zero-order valence-corrected chi connectivity index (χ0v) is 36.4. The van der Waals surface area contributed by atoms with Crippen molar-refractivity contribution in [3.05, 3.63) is 90.0 Å². The molecule has 6 rings (SSSR count). The second kappa shape index (κ2) is 18.9. The van der Waals surface area contributed by atoms with Crippen molar-refractivity contribution in [1.82, 2.24) is 15.6 Å². The van der Waals surface area contributed by atoms with Gasteiger partial charge in [0.05, 0.1) is 13.2 Å². The van der Waals surface area contributed by atoms with Crippen LogP contribution < -0.4 is 26.3 Å². The first-order valence-corrected chi connectivity index (χ1v) is 19.6. The van der Waals surface area contributed by atoms with Gasteiger partial charge in [-0.25, -0.2) is 0 Å². The van der Waals surface area contributed by atoms with Crippen molar-refractivity contribution in [1.29, 1.82) is 0 Å². The van der Waals surface area contributed by atoms with Gasteiger partial charge in [0, 0.05) is 29.7 Å². The van der Waals surface area contributed by atoms with Gasteiger partial charge in [-0.05, 0) is 99.6 Å². The quantitative estimate of drug-likeness (QED) is 0.136. The SMILES string of the molecule is C=Cc1c(C)/c2[n-]/c1=C\C1N/C(=C\C3[N-]C4C(=C3C)C(=O)C(C(=O)OC)C4C3NC(\C=2)C(C)=C3Cl)C(CC)=C1C.CC(=O)OC/C=C(/C)CCCC(C)C.[Mg+2]. The number of carbonyl (C=O) groups excluding carboxylic acids is 3. The van der Waals surface area contributed by atoms with Crippen LogP contribution in [0.5, 0.6) is 0 Å². The zero-order chi connectivity index (χ0) is 39.6. The van der Waals surface area contributed by atoms with Crippen LogP contribution in [0.1, 0.15) is 92.2 Å². The number of halogens is 1. The molecule has 0 radical (unpaired) electrons. The smallest absolute Gasteiger partial charge is 0.658 e. The summed E-state index contributed by atoms with van der Waals surface area (Å²) in [5.41, 5.74) is 9.32. The molecule has 0 amide bonds. The third-order valence-corrected chi connectivity index (χ3v) is 12.1. The van der Waals surface area contributed by atoms with E-state index in [9.17, 15) is 14.4 Å². The average molecular weight is 782 g/mol. The summed E-state index contributed by atoms with van der Waals surface area (Å²) < 4.78 is 9.96. The molecule has 8 bridgehead atoms. The molecule has 0 aromatic carbocycles. The Morgan fingerprint density at radius 1 is 1.04 bits per heavy atom. The summed E-state index contributed by atoms with van der Waals surface area (Å²) >= 11 is 7.01. The van der Waals surface area contributed by atoms with Crippen LogP contribution in [0.3, 0.4) is 0 Å². The van der Waals surface area contributed by atoms with E-state index in [0.29, 0.717) is 17.2 Å². The zero-order valence-electron chi connectivity index (χ0n) is 34.3.